The summed E-state index contributed by atoms with van der Waals surface area (Å²) in [6.45, 7) is 1.61. The summed E-state index contributed by atoms with van der Waals surface area (Å²) in [5.74, 6) is -0.311. The molecular formula is C89H149NO18. The van der Waals surface area contributed by atoms with Gasteiger partial charge in [-0.2, -0.15) is 0 Å². The van der Waals surface area contributed by atoms with E-state index in [0.29, 0.717) is 6.42 Å². The van der Waals surface area contributed by atoms with Crippen molar-refractivity contribution in [1.29, 1.82) is 0 Å². The number of aliphatic hydroxyl groups excluding tert-OH is 11. The molecule has 3 fully saturated rings. The van der Waals surface area contributed by atoms with E-state index < -0.39 is 124 Å². The highest BCUT2D eigenvalue weighted by atomic mass is 16.8. The Labute approximate surface area is 651 Å². The average molecular weight is 1520 g/mol. The lowest BCUT2D eigenvalue weighted by Crippen LogP contribution is -2.66. The van der Waals surface area contributed by atoms with Crippen LogP contribution in [-0.2, 0) is 33.2 Å². The maximum Gasteiger partial charge on any atom is 0.220 e. The molecule has 19 heteroatoms. The van der Waals surface area contributed by atoms with Crippen LogP contribution >= 0.6 is 0 Å². The van der Waals surface area contributed by atoms with Crippen molar-refractivity contribution >= 4 is 5.91 Å². The Balaban J connectivity index is 1.39. The van der Waals surface area contributed by atoms with E-state index in [1.54, 1.807) is 6.08 Å². The van der Waals surface area contributed by atoms with E-state index in [1.165, 1.54) is 135 Å². The van der Waals surface area contributed by atoms with Gasteiger partial charge in [0.1, 0.15) is 73.2 Å². The van der Waals surface area contributed by atoms with Gasteiger partial charge in [-0.15, -0.1) is 0 Å². The summed E-state index contributed by atoms with van der Waals surface area (Å²) in [7, 11) is 0. The van der Waals surface area contributed by atoms with E-state index in [0.717, 1.165) is 116 Å². The molecule has 17 unspecified atom stereocenters. The van der Waals surface area contributed by atoms with Gasteiger partial charge in [0.15, 0.2) is 18.9 Å². The molecular weight excluding hydrogens is 1370 g/mol. The zero-order valence-electron chi connectivity index (χ0n) is 66.3. The largest absolute Gasteiger partial charge is 0.394 e. The predicted molar refractivity (Wildman–Crippen MR) is 433 cm³/mol. The summed E-state index contributed by atoms with van der Waals surface area (Å²) in [5, 5.41) is 121. The summed E-state index contributed by atoms with van der Waals surface area (Å²) < 4.78 is 34.4. The fourth-order valence-electron chi connectivity index (χ4n) is 13.2. The first kappa shape index (κ1) is 97.9. The van der Waals surface area contributed by atoms with Gasteiger partial charge in [-0.25, -0.2) is 0 Å². The Bertz CT molecular complexity index is 2520. The number of carbonyl (C=O) groups is 1. The van der Waals surface area contributed by atoms with E-state index in [9.17, 15) is 61.0 Å². The van der Waals surface area contributed by atoms with Crippen LogP contribution in [0.15, 0.2) is 146 Å². The molecule has 0 aromatic rings. The van der Waals surface area contributed by atoms with Crippen LogP contribution in [0.5, 0.6) is 0 Å². The summed E-state index contributed by atoms with van der Waals surface area (Å²) >= 11 is 0. The second-order valence-electron chi connectivity index (χ2n) is 29.2. The first-order valence-electron chi connectivity index (χ1n) is 42.1. The van der Waals surface area contributed by atoms with Crippen LogP contribution in [-0.4, -0.2) is 193 Å². The molecule has 12 N–H and O–H groups in total. The monoisotopic (exact) mass is 1520 g/mol. The fraction of sp³-hybridized carbons (Fsp3) is 0.719. The van der Waals surface area contributed by atoms with Gasteiger partial charge in [-0.1, -0.05) is 314 Å². The zero-order chi connectivity index (χ0) is 78.1. The maximum absolute atomic E-state index is 13.5. The fourth-order valence-corrected chi connectivity index (χ4v) is 13.2. The van der Waals surface area contributed by atoms with Crippen LogP contribution in [0.1, 0.15) is 277 Å². The molecule has 0 spiro atoms. The van der Waals surface area contributed by atoms with Gasteiger partial charge >= 0.3 is 0 Å². The Hall–Kier alpha value is -4.33. The summed E-state index contributed by atoms with van der Waals surface area (Å²) in [4.78, 5) is 13.5. The molecule has 19 nitrogen and oxygen atoms in total. The van der Waals surface area contributed by atoms with Crippen LogP contribution in [0.2, 0.25) is 0 Å². The van der Waals surface area contributed by atoms with Crippen molar-refractivity contribution < 1.29 is 89.4 Å². The second-order valence-corrected chi connectivity index (χ2v) is 29.2. The van der Waals surface area contributed by atoms with E-state index in [2.05, 4.69) is 153 Å². The van der Waals surface area contributed by atoms with Gasteiger partial charge in [0.25, 0.3) is 0 Å². The Morgan fingerprint density at radius 3 is 1.00 bits per heavy atom. The Morgan fingerprint density at radius 1 is 0.343 bits per heavy atom. The van der Waals surface area contributed by atoms with Gasteiger partial charge in [-0.3, -0.25) is 4.79 Å². The first-order chi connectivity index (χ1) is 52.8. The summed E-state index contributed by atoms with van der Waals surface area (Å²) in [6.07, 6.45) is 71.1. The van der Waals surface area contributed by atoms with Crippen molar-refractivity contribution in [3.63, 3.8) is 0 Å². The molecule has 3 rings (SSSR count). The number of unbranched alkanes of at least 4 members (excludes halogenated alkanes) is 27. The van der Waals surface area contributed by atoms with Crippen LogP contribution in [0, 0.1) is 0 Å². The molecule has 3 saturated heterocycles. The average Bonchev–Trinajstić information content (AvgIpc) is 0.779. The molecule has 3 aliphatic rings. The third-order valence-electron chi connectivity index (χ3n) is 19.9. The van der Waals surface area contributed by atoms with Crippen LogP contribution in [0.3, 0.4) is 0 Å². The van der Waals surface area contributed by atoms with Gasteiger partial charge in [0.05, 0.1) is 38.6 Å². The molecule has 17 atom stereocenters. The molecule has 0 aromatic carbocycles. The number of allylic oxidation sites excluding steroid dienone is 23. The standard InChI is InChI=1S/C89H149NO18/c1-3-5-7-9-11-13-15-17-19-21-23-25-27-29-31-32-33-34-35-36-37-38-39-40-41-43-45-47-49-51-53-55-57-59-61-63-65-67-77(95)90-72(73(94)66-64-62-60-58-56-54-52-50-48-46-44-42-30-28-26-24-22-20-18-16-14-12-10-8-6-4-2)71-103-87-83(101)80(98)85(75(69-92)105-87)108-89-84(102)81(99)86(76(70-93)106-89)107-88-82(100)79(97)78(96)74(68-91)104-88/h5,7,11,13,17,19,23,25,29,31,33-34,36-37,39-40,43,45,49,51,55,57,64,66,72-76,78-89,91-94,96-102H,3-4,6,8-10,12,14-16,18,20-22,24,26-28,30,32,35,38,41-42,44,46-48,50,52-54,56,58-63,65,67-71H2,1-2H3,(H,90,95)/b7-5-,13-11-,19-17-,25-23-,31-29-,34-33-,37-36-,40-39-,45-43-,51-49-,57-55-,66-64+. The Kier molecular flexibility index (Phi) is 60.9. The molecule has 618 valence electrons. The van der Waals surface area contributed by atoms with E-state index in [1.807, 2.05) is 6.08 Å². The van der Waals surface area contributed by atoms with Crippen molar-refractivity contribution in [2.45, 2.75) is 381 Å². The number of nitrogens with one attached hydrogen (secondary N) is 1. The highest BCUT2D eigenvalue weighted by molar-refractivity contribution is 5.76. The number of hydrogen-bond acceptors (Lipinski definition) is 18. The van der Waals surface area contributed by atoms with Crippen LogP contribution < -0.4 is 5.32 Å². The van der Waals surface area contributed by atoms with E-state index >= 15 is 0 Å². The zero-order valence-corrected chi connectivity index (χ0v) is 66.3. The third kappa shape index (κ3) is 46.0. The minimum atomic E-state index is -1.99. The lowest BCUT2D eigenvalue weighted by Gasteiger charge is -2.48. The number of aliphatic hydroxyl groups is 11. The van der Waals surface area contributed by atoms with Crippen molar-refractivity contribution in [1.82, 2.24) is 5.32 Å². The molecule has 0 aliphatic carbocycles. The third-order valence-corrected chi connectivity index (χ3v) is 19.9. The molecule has 0 radical (unpaired) electrons. The number of hydrogen-bond donors (Lipinski definition) is 12. The quantitative estimate of drug-likeness (QED) is 0.0199. The van der Waals surface area contributed by atoms with Crippen molar-refractivity contribution in [3.05, 3.63) is 146 Å². The second kappa shape index (κ2) is 67.2. The van der Waals surface area contributed by atoms with Gasteiger partial charge < -0.3 is 89.9 Å². The summed E-state index contributed by atoms with van der Waals surface area (Å²) in [5.41, 5.74) is 0. The van der Waals surface area contributed by atoms with Crippen molar-refractivity contribution in [3.8, 4) is 0 Å². The molecule has 3 heterocycles. The maximum atomic E-state index is 13.5. The van der Waals surface area contributed by atoms with E-state index in [4.69, 9.17) is 28.4 Å². The topological polar surface area (TPSA) is 307 Å². The van der Waals surface area contributed by atoms with Crippen molar-refractivity contribution in [2.75, 3.05) is 26.4 Å². The minimum absolute atomic E-state index is 0.194. The predicted octanol–water partition coefficient (Wildman–Crippen LogP) is 15.0. The Morgan fingerprint density at radius 2 is 0.639 bits per heavy atom. The molecule has 0 saturated carbocycles. The molecule has 0 bridgehead atoms. The first-order valence-corrected chi connectivity index (χ1v) is 42.1. The van der Waals surface area contributed by atoms with Crippen LogP contribution in [0.4, 0.5) is 0 Å². The normalized spacial score (nSPS) is 26.2. The molecule has 0 aromatic heterocycles. The minimum Gasteiger partial charge on any atom is -0.394 e. The lowest BCUT2D eigenvalue weighted by molar-refractivity contribution is -0.379. The number of carbonyl (C=O) groups excluding carboxylic acids is 1. The molecule has 108 heavy (non-hydrogen) atoms. The van der Waals surface area contributed by atoms with Gasteiger partial charge in [-0.05, 0) is 103 Å². The smallest absolute Gasteiger partial charge is 0.220 e. The SMILES string of the molecule is CC/C=C\C/C=C\C/C=C\C/C=C\C/C=C\C/C=C\C/C=C\C/C=C\C/C=C\C/C=C\C/C=C\CCCCCC(=O)NC(COC1OC(CO)C(OC2OC(CO)C(OC3OC(CO)C(O)C(O)C3O)C(O)C2O)C(O)C1O)C(O)/C=C/CCCCCCCCCCCCCCCCCCCCCCCCCC. The van der Waals surface area contributed by atoms with Crippen LogP contribution in [0.25, 0.3) is 0 Å². The summed E-state index contributed by atoms with van der Waals surface area (Å²) in [6, 6.07) is -1.00. The number of rotatable bonds is 65. The van der Waals surface area contributed by atoms with Gasteiger partial charge in [0, 0.05) is 6.42 Å². The number of ether oxygens (including phenoxy) is 6. The van der Waals surface area contributed by atoms with Gasteiger partial charge in [0.2, 0.25) is 5.91 Å². The lowest BCUT2D eigenvalue weighted by atomic mass is 9.96. The molecule has 3 aliphatic heterocycles. The highest BCUT2D eigenvalue weighted by Gasteiger charge is 2.54. The van der Waals surface area contributed by atoms with Crippen molar-refractivity contribution in [2.24, 2.45) is 0 Å². The highest BCUT2D eigenvalue weighted by Crippen LogP contribution is 2.33. The molecule has 1 amide bonds. The van der Waals surface area contributed by atoms with E-state index in [-0.39, 0.29) is 18.9 Å². The number of amides is 1.